The first-order valence-corrected chi connectivity index (χ1v) is 10.7. The Morgan fingerprint density at radius 1 is 1.03 bits per heavy atom. The van der Waals surface area contributed by atoms with Gasteiger partial charge in [0, 0.05) is 51.4 Å². The maximum atomic E-state index is 13.2. The summed E-state index contributed by atoms with van der Waals surface area (Å²) in [4.78, 5) is 40.7. The van der Waals surface area contributed by atoms with Crippen molar-refractivity contribution in [3.8, 4) is 11.5 Å². The number of aromatic nitrogens is 2. The fourth-order valence-electron chi connectivity index (χ4n) is 3.63. The molecule has 0 atom stereocenters. The van der Waals surface area contributed by atoms with E-state index in [1.54, 1.807) is 34.1 Å². The zero-order valence-corrected chi connectivity index (χ0v) is 18.8. The number of aryl methyl sites for hydroxylation is 1. The monoisotopic (exact) mass is 465 g/mol. The number of anilines is 2. The van der Waals surface area contributed by atoms with Gasteiger partial charge < -0.3 is 19.9 Å². The summed E-state index contributed by atoms with van der Waals surface area (Å²) in [5, 5.41) is 7.03. The highest BCUT2D eigenvalue weighted by Crippen LogP contribution is 2.28. The molecule has 2 amide bonds. The van der Waals surface area contributed by atoms with Crippen molar-refractivity contribution in [2.24, 2.45) is 7.05 Å². The van der Waals surface area contributed by atoms with E-state index in [1.807, 2.05) is 0 Å². The molecule has 10 heteroatoms. The Morgan fingerprint density at radius 2 is 1.71 bits per heavy atom. The van der Waals surface area contributed by atoms with Gasteiger partial charge in [0.25, 0.3) is 11.5 Å². The minimum atomic E-state index is -0.434. The van der Waals surface area contributed by atoms with Crippen LogP contribution in [-0.4, -0.2) is 57.6 Å². The summed E-state index contributed by atoms with van der Waals surface area (Å²) in [6, 6.07) is 12.2. The molecule has 34 heavy (non-hydrogen) atoms. The summed E-state index contributed by atoms with van der Waals surface area (Å²) in [7, 11) is 1.51. The van der Waals surface area contributed by atoms with Crippen LogP contribution in [-0.2, 0) is 11.8 Å². The second kappa shape index (κ2) is 9.74. The normalized spacial score (nSPS) is 13.5. The highest BCUT2D eigenvalue weighted by Gasteiger charge is 2.23. The molecular weight excluding hydrogens is 441 g/mol. The fourth-order valence-corrected chi connectivity index (χ4v) is 3.63. The van der Waals surface area contributed by atoms with Crippen LogP contribution in [0, 0.1) is 5.82 Å². The molecule has 0 radical (unpaired) electrons. The summed E-state index contributed by atoms with van der Waals surface area (Å²) in [5.74, 6) is -0.0647. The van der Waals surface area contributed by atoms with Gasteiger partial charge in [-0.1, -0.05) is 6.07 Å². The number of piperazine rings is 1. The highest BCUT2D eigenvalue weighted by atomic mass is 19.1. The molecule has 1 saturated heterocycles. The fraction of sp³-hybridized carbons (Fsp3) is 0.250. The maximum Gasteiger partial charge on any atom is 0.294 e. The van der Waals surface area contributed by atoms with Crippen LogP contribution in [0.1, 0.15) is 17.3 Å². The molecule has 0 unspecified atom stereocenters. The average molecular weight is 465 g/mol. The zero-order chi connectivity index (χ0) is 24.2. The summed E-state index contributed by atoms with van der Waals surface area (Å²) in [5.41, 5.74) is 0.659. The number of hydrogen-bond acceptors (Lipinski definition) is 6. The first-order valence-electron chi connectivity index (χ1n) is 10.7. The number of benzene rings is 2. The lowest BCUT2D eigenvalue weighted by Crippen LogP contribution is -2.50. The van der Waals surface area contributed by atoms with E-state index in [-0.39, 0.29) is 23.3 Å². The molecule has 4 rings (SSSR count). The predicted octanol–water partition coefficient (Wildman–Crippen LogP) is 2.76. The summed E-state index contributed by atoms with van der Waals surface area (Å²) in [6.07, 6.45) is 1.39. The first-order chi connectivity index (χ1) is 16.3. The van der Waals surface area contributed by atoms with Crippen LogP contribution in [0.4, 0.5) is 15.8 Å². The van der Waals surface area contributed by atoms with E-state index in [0.29, 0.717) is 43.2 Å². The number of amides is 2. The van der Waals surface area contributed by atoms with Crippen molar-refractivity contribution < 1.29 is 18.7 Å². The molecule has 1 aromatic heterocycles. The molecule has 3 aromatic rings. The lowest BCUT2D eigenvalue weighted by molar-refractivity contribution is -0.130. The minimum absolute atomic E-state index is 0.00381. The van der Waals surface area contributed by atoms with E-state index < -0.39 is 11.4 Å². The Morgan fingerprint density at radius 3 is 2.38 bits per heavy atom. The van der Waals surface area contributed by atoms with E-state index in [2.05, 4.69) is 10.4 Å². The van der Waals surface area contributed by atoms with Crippen molar-refractivity contribution in [1.29, 1.82) is 0 Å². The number of carbonyl (C=O) groups is 2. The molecule has 0 aliphatic carbocycles. The molecule has 1 N–H and O–H groups in total. The Balaban J connectivity index is 1.55. The van der Waals surface area contributed by atoms with Gasteiger partial charge in [-0.2, -0.15) is 5.10 Å². The Labute approximate surface area is 195 Å². The smallest absolute Gasteiger partial charge is 0.294 e. The van der Waals surface area contributed by atoms with Gasteiger partial charge in [-0.15, -0.1) is 0 Å². The largest absolute Gasteiger partial charge is 0.453 e. The molecular formula is C24H24FN5O4. The number of halogens is 1. The van der Waals surface area contributed by atoms with Crippen molar-refractivity contribution >= 4 is 23.2 Å². The van der Waals surface area contributed by atoms with E-state index in [0.717, 1.165) is 4.68 Å². The third kappa shape index (κ3) is 5.06. The Bertz CT molecular complexity index is 1270. The molecule has 1 aliphatic heterocycles. The number of rotatable bonds is 5. The molecule has 0 spiro atoms. The van der Waals surface area contributed by atoms with Crippen molar-refractivity contribution in [2.45, 2.75) is 6.92 Å². The third-order valence-corrected chi connectivity index (χ3v) is 5.53. The van der Waals surface area contributed by atoms with Gasteiger partial charge in [0.1, 0.15) is 11.6 Å². The minimum Gasteiger partial charge on any atom is -0.453 e. The van der Waals surface area contributed by atoms with Crippen molar-refractivity contribution in [1.82, 2.24) is 19.6 Å². The Kier molecular flexibility index (Phi) is 6.58. The second-order valence-electron chi connectivity index (χ2n) is 7.87. The predicted molar refractivity (Wildman–Crippen MR) is 124 cm³/mol. The van der Waals surface area contributed by atoms with Gasteiger partial charge in [0.15, 0.2) is 11.4 Å². The number of hydrogen-bond donors (Lipinski definition) is 1. The summed E-state index contributed by atoms with van der Waals surface area (Å²) >= 11 is 0. The number of nitrogens with zero attached hydrogens (tertiary/aromatic N) is 4. The van der Waals surface area contributed by atoms with Crippen LogP contribution in [0.3, 0.4) is 0 Å². The van der Waals surface area contributed by atoms with Gasteiger partial charge in [-0.3, -0.25) is 14.4 Å². The average Bonchev–Trinajstić information content (AvgIpc) is 2.85. The summed E-state index contributed by atoms with van der Waals surface area (Å²) in [6.45, 7) is 3.42. The van der Waals surface area contributed by atoms with Crippen LogP contribution in [0.5, 0.6) is 11.5 Å². The molecule has 0 saturated carbocycles. The standard InChI is InChI=1S/C24H24FN5O4/c1-16(31)29-10-12-30(13-11-29)23(32)17-4-3-5-19(14-17)27-22-21(15-26-28(2)24(22)33)34-20-8-6-18(25)7-9-20/h3-9,14-15,27H,10-13H2,1-2H3. The van der Waals surface area contributed by atoms with Crippen LogP contribution in [0.25, 0.3) is 0 Å². The molecule has 176 valence electrons. The van der Waals surface area contributed by atoms with Gasteiger partial charge in [0.05, 0.1) is 6.20 Å². The van der Waals surface area contributed by atoms with Crippen LogP contribution < -0.4 is 15.6 Å². The van der Waals surface area contributed by atoms with Gasteiger partial charge in [-0.05, 0) is 42.5 Å². The van der Waals surface area contributed by atoms with Crippen molar-refractivity contribution in [3.63, 3.8) is 0 Å². The molecule has 1 fully saturated rings. The molecule has 0 bridgehead atoms. The van der Waals surface area contributed by atoms with Crippen LogP contribution in [0.15, 0.2) is 59.5 Å². The molecule has 2 aromatic carbocycles. The molecule has 2 heterocycles. The lowest BCUT2D eigenvalue weighted by atomic mass is 10.1. The zero-order valence-electron chi connectivity index (χ0n) is 18.8. The van der Waals surface area contributed by atoms with Crippen LogP contribution >= 0.6 is 0 Å². The quantitative estimate of drug-likeness (QED) is 0.623. The topological polar surface area (TPSA) is 96.8 Å². The van der Waals surface area contributed by atoms with Gasteiger partial charge in [-0.25, -0.2) is 9.07 Å². The SMILES string of the molecule is CC(=O)N1CCN(C(=O)c2cccc(Nc3c(Oc4ccc(F)cc4)cnn(C)c3=O)c2)CC1. The molecule has 9 nitrogen and oxygen atoms in total. The molecule has 1 aliphatic rings. The number of ether oxygens (including phenoxy) is 1. The second-order valence-corrected chi connectivity index (χ2v) is 7.87. The van der Waals surface area contributed by atoms with Crippen molar-refractivity contribution in [3.05, 3.63) is 76.5 Å². The van der Waals surface area contributed by atoms with E-state index in [9.17, 15) is 18.8 Å². The first kappa shape index (κ1) is 23.0. The van der Waals surface area contributed by atoms with E-state index in [1.165, 1.54) is 44.4 Å². The number of nitrogens with one attached hydrogen (secondary N) is 1. The van der Waals surface area contributed by atoms with Crippen molar-refractivity contribution in [2.75, 3.05) is 31.5 Å². The van der Waals surface area contributed by atoms with E-state index >= 15 is 0 Å². The number of carbonyl (C=O) groups excluding carboxylic acids is 2. The lowest BCUT2D eigenvalue weighted by Gasteiger charge is -2.34. The van der Waals surface area contributed by atoms with Gasteiger partial charge in [0.2, 0.25) is 5.91 Å². The third-order valence-electron chi connectivity index (χ3n) is 5.53. The summed E-state index contributed by atoms with van der Waals surface area (Å²) < 4.78 is 20.1. The highest BCUT2D eigenvalue weighted by molar-refractivity contribution is 5.95. The Hall–Kier alpha value is -4.21. The maximum absolute atomic E-state index is 13.2. The van der Waals surface area contributed by atoms with Gasteiger partial charge >= 0.3 is 0 Å². The van der Waals surface area contributed by atoms with Crippen LogP contribution in [0.2, 0.25) is 0 Å². The van der Waals surface area contributed by atoms with E-state index in [4.69, 9.17) is 4.74 Å².